The molecule has 0 aromatic carbocycles. The van der Waals surface area contributed by atoms with E-state index < -0.39 is 34.9 Å². The lowest BCUT2D eigenvalue weighted by atomic mass is 10.2. The Morgan fingerprint density at radius 3 is 2.58 bits per heavy atom. The van der Waals surface area contributed by atoms with Gasteiger partial charge in [0.1, 0.15) is 11.9 Å². The summed E-state index contributed by atoms with van der Waals surface area (Å²) < 4.78 is 36.0. The van der Waals surface area contributed by atoms with Crippen LogP contribution < -0.4 is 16.6 Å². The van der Waals surface area contributed by atoms with E-state index in [-0.39, 0.29) is 29.6 Å². The molecule has 1 saturated heterocycles. The second-order valence-corrected chi connectivity index (χ2v) is 9.12. The lowest BCUT2D eigenvalue weighted by Gasteiger charge is -2.26. The topological polar surface area (TPSA) is 139 Å². The summed E-state index contributed by atoms with van der Waals surface area (Å²) in [5.74, 6) is -4.08. The van der Waals surface area contributed by atoms with Crippen LogP contribution in [0.5, 0.6) is 0 Å². The van der Waals surface area contributed by atoms with Gasteiger partial charge in [-0.2, -0.15) is 8.78 Å². The Morgan fingerprint density at radius 2 is 1.95 bits per heavy atom. The zero-order valence-electron chi connectivity index (χ0n) is 20.8. The van der Waals surface area contributed by atoms with E-state index in [9.17, 15) is 23.2 Å². The van der Waals surface area contributed by atoms with Crippen LogP contribution in [0.15, 0.2) is 46.5 Å². The highest BCUT2D eigenvalue weighted by Gasteiger charge is 2.28. The van der Waals surface area contributed by atoms with Crippen LogP contribution in [-0.2, 0) is 29.0 Å². The van der Waals surface area contributed by atoms with Crippen molar-refractivity contribution in [2.24, 2.45) is 7.05 Å². The Hall–Kier alpha value is -4.33. The zero-order chi connectivity index (χ0) is 27.2. The summed E-state index contributed by atoms with van der Waals surface area (Å²) in [6, 6.07) is 3.93. The molecule has 0 saturated carbocycles. The maximum atomic E-state index is 13.4. The molecule has 1 amide bonds. The second-order valence-electron chi connectivity index (χ2n) is 9.12. The summed E-state index contributed by atoms with van der Waals surface area (Å²) in [5.41, 5.74) is -0.0457. The van der Waals surface area contributed by atoms with Crippen molar-refractivity contribution in [2.75, 3.05) is 11.9 Å². The number of fused-ring (bicyclic) bond motifs is 1. The Kier molecular flexibility index (Phi) is 6.34. The van der Waals surface area contributed by atoms with Gasteiger partial charge in [0.2, 0.25) is 5.91 Å². The Labute approximate surface area is 214 Å². The fourth-order valence-corrected chi connectivity index (χ4v) is 4.09. The summed E-state index contributed by atoms with van der Waals surface area (Å²) >= 11 is 0. The Balaban J connectivity index is 1.41. The first kappa shape index (κ1) is 25.3. The van der Waals surface area contributed by atoms with Gasteiger partial charge in [-0.1, -0.05) is 6.07 Å². The van der Waals surface area contributed by atoms with Gasteiger partial charge in [0.05, 0.1) is 24.7 Å². The number of aromatic nitrogens is 7. The van der Waals surface area contributed by atoms with Gasteiger partial charge in [-0.25, -0.2) is 24.7 Å². The van der Waals surface area contributed by atoms with Crippen LogP contribution in [0.1, 0.15) is 32.1 Å². The number of nitrogens with one attached hydrogen (secondary N) is 1. The number of ether oxygens (including phenoxy) is 1. The SMILES string of the molecule is C[C@@H](C(=O)Nc1cccc(-c2cnc(C(C)(F)F)nc2)n1)n1cnc2c1c(=O)n(CC1CCO1)c(=O)n2C. The number of nitrogens with zero attached hydrogens (tertiary/aromatic N) is 7. The van der Waals surface area contributed by atoms with E-state index in [1.54, 1.807) is 25.1 Å². The van der Waals surface area contributed by atoms with Crippen molar-refractivity contribution >= 4 is 22.9 Å². The van der Waals surface area contributed by atoms with Crippen LogP contribution in [0.4, 0.5) is 14.6 Å². The molecule has 5 rings (SSSR count). The fraction of sp³-hybridized carbons (Fsp3) is 0.375. The Bertz CT molecular complexity index is 1630. The molecular weight excluding hydrogens is 502 g/mol. The highest BCUT2D eigenvalue weighted by Crippen LogP contribution is 2.25. The van der Waals surface area contributed by atoms with Crippen LogP contribution in [-0.4, -0.2) is 52.3 Å². The normalized spacial score (nSPS) is 16.3. The van der Waals surface area contributed by atoms with E-state index in [2.05, 4.69) is 25.3 Å². The highest BCUT2D eigenvalue weighted by molar-refractivity contribution is 5.93. The van der Waals surface area contributed by atoms with E-state index >= 15 is 0 Å². The van der Waals surface area contributed by atoms with Gasteiger partial charge < -0.3 is 14.6 Å². The van der Waals surface area contributed by atoms with E-state index in [1.807, 2.05) is 0 Å². The smallest absolute Gasteiger partial charge is 0.332 e. The Morgan fingerprint density at radius 1 is 1.24 bits per heavy atom. The lowest BCUT2D eigenvalue weighted by Crippen LogP contribution is -2.45. The van der Waals surface area contributed by atoms with Gasteiger partial charge in [-0.3, -0.25) is 18.7 Å². The summed E-state index contributed by atoms with van der Waals surface area (Å²) in [5, 5.41) is 2.69. The first-order valence-electron chi connectivity index (χ1n) is 11.8. The fourth-order valence-electron chi connectivity index (χ4n) is 4.09. The zero-order valence-corrected chi connectivity index (χ0v) is 20.8. The van der Waals surface area contributed by atoms with Crippen molar-refractivity contribution in [3.8, 4) is 11.3 Å². The number of hydrogen-bond donors (Lipinski definition) is 1. The predicted molar refractivity (Wildman–Crippen MR) is 132 cm³/mol. The van der Waals surface area contributed by atoms with Gasteiger partial charge in [0.15, 0.2) is 17.0 Å². The number of hydrogen-bond acceptors (Lipinski definition) is 8. The molecule has 1 fully saturated rings. The van der Waals surface area contributed by atoms with E-state index in [0.29, 0.717) is 24.8 Å². The molecule has 1 unspecified atom stereocenters. The first-order chi connectivity index (χ1) is 18.0. The molecule has 198 valence electrons. The summed E-state index contributed by atoms with van der Waals surface area (Å²) in [6.07, 6.45) is 4.34. The van der Waals surface area contributed by atoms with E-state index in [0.717, 1.165) is 11.0 Å². The number of carbonyl (C=O) groups excluding carboxylic acids is 1. The molecule has 0 radical (unpaired) electrons. The number of aryl methyl sites for hydroxylation is 1. The number of halogens is 2. The molecule has 0 spiro atoms. The minimum absolute atomic E-state index is 0.112. The average Bonchev–Trinajstić information content (AvgIpc) is 3.31. The van der Waals surface area contributed by atoms with Crippen LogP contribution in [0.2, 0.25) is 0 Å². The van der Waals surface area contributed by atoms with Gasteiger partial charge in [-0.05, 0) is 25.5 Å². The molecule has 4 aromatic heterocycles. The van der Waals surface area contributed by atoms with E-state index in [1.165, 1.54) is 34.9 Å². The number of amides is 1. The molecule has 5 heterocycles. The van der Waals surface area contributed by atoms with E-state index in [4.69, 9.17) is 4.74 Å². The predicted octanol–water partition coefficient (Wildman–Crippen LogP) is 1.85. The third-order valence-corrected chi connectivity index (χ3v) is 6.37. The summed E-state index contributed by atoms with van der Waals surface area (Å²) in [4.78, 5) is 55.1. The van der Waals surface area contributed by atoms with Crippen LogP contribution in [0, 0.1) is 0 Å². The number of pyridine rings is 1. The van der Waals surface area contributed by atoms with Crippen molar-refractivity contribution in [3.63, 3.8) is 0 Å². The number of alkyl halides is 2. The van der Waals surface area contributed by atoms with Gasteiger partial charge in [-0.15, -0.1) is 0 Å². The van der Waals surface area contributed by atoms with Crippen molar-refractivity contribution < 1.29 is 18.3 Å². The van der Waals surface area contributed by atoms with Gasteiger partial charge in [0.25, 0.3) is 5.56 Å². The van der Waals surface area contributed by atoms with Crippen LogP contribution in [0.25, 0.3) is 22.4 Å². The molecule has 38 heavy (non-hydrogen) atoms. The van der Waals surface area contributed by atoms with Gasteiger partial charge in [0, 0.05) is 38.5 Å². The molecule has 14 heteroatoms. The third kappa shape index (κ3) is 4.58. The van der Waals surface area contributed by atoms with Gasteiger partial charge >= 0.3 is 11.6 Å². The molecule has 2 atom stereocenters. The average molecular weight is 527 g/mol. The highest BCUT2D eigenvalue weighted by atomic mass is 19.3. The maximum Gasteiger partial charge on any atom is 0.332 e. The molecule has 0 aliphatic carbocycles. The third-order valence-electron chi connectivity index (χ3n) is 6.37. The molecule has 1 aliphatic heterocycles. The minimum Gasteiger partial charge on any atom is -0.376 e. The largest absolute Gasteiger partial charge is 0.376 e. The lowest BCUT2D eigenvalue weighted by molar-refractivity contribution is -0.118. The van der Waals surface area contributed by atoms with Crippen molar-refractivity contribution in [2.45, 2.75) is 44.9 Å². The van der Waals surface area contributed by atoms with Crippen molar-refractivity contribution in [3.05, 3.63) is 63.6 Å². The summed E-state index contributed by atoms with van der Waals surface area (Å²) in [6.45, 7) is 2.99. The maximum absolute atomic E-state index is 13.4. The molecule has 0 bridgehead atoms. The van der Waals surface area contributed by atoms with Crippen LogP contribution in [0.3, 0.4) is 0 Å². The molecule has 4 aromatic rings. The monoisotopic (exact) mass is 526 g/mol. The minimum atomic E-state index is -3.17. The standard InChI is InChI=1S/C24H24F2N8O4/c1-13(34-12-29-19-18(34)21(36)33(23(37)32(19)3)11-15-7-8-38-15)20(35)31-17-6-4-5-16(30-17)14-9-27-22(28-10-14)24(2,25)26/h4-6,9-10,12-13,15H,7-8,11H2,1-3H3,(H,30,31,35)/t13-,15?/m0/s1. The first-order valence-corrected chi connectivity index (χ1v) is 11.8. The quantitative estimate of drug-likeness (QED) is 0.385. The molecule has 1 aliphatic rings. The second kappa shape index (κ2) is 9.52. The van der Waals surface area contributed by atoms with Crippen molar-refractivity contribution in [1.82, 2.24) is 33.6 Å². The number of rotatable bonds is 7. The molecular formula is C24H24F2N8O4. The summed E-state index contributed by atoms with van der Waals surface area (Å²) in [7, 11) is 1.51. The van der Waals surface area contributed by atoms with Crippen molar-refractivity contribution in [1.29, 1.82) is 0 Å². The number of carbonyl (C=O) groups is 1. The molecule has 12 nitrogen and oxygen atoms in total. The number of imidazole rings is 1. The number of anilines is 1. The molecule has 1 N–H and O–H groups in total. The van der Waals surface area contributed by atoms with Crippen LogP contribution >= 0.6 is 0 Å².